The Morgan fingerprint density at radius 3 is 2.81 bits per heavy atom. The van der Waals surface area contributed by atoms with Crippen LogP contribution in [0.5, 0.6) is 0 Å². The average molecular weight is 284 g/mol. The van der Waals surface area contributed by atoms with Gasteiger partial charge in [-0.3, -0.25) is 9.78 Å². The lowest BCUT2D eigenvalue weighted by Gasteiger charge is -2.32. The molecule has 0 bridgehead atoms. The lowest BCUT2D eigenvalue weighted by molar-refractivity contribution is -0.0247. The zero-order valence-corrected chi connectivity index (χ0v) is 11.8. The van der Waals surface area contributed by atoms with Crippen LogP contribution in [0.3, 0.4) is 0 Å². The maximum atomic E-state index is 12.5. The third kappa shape index (κ3) is 3.05. The summed E-state index contributed by atoms with van der Waals surface area (Å²) in [5.74, 6) is 0.583. The monoisotopic (exact) mass is 284 g/mol. The van der Waals surface area contributed by atoms with Gasteiger partial charge in [-0.05, 0) is 19.1 Å². The van der Waals surface area contributed by atoms with Gasteiger partial charge in [-0.15, -0.1) is 0 Å². The van der Waals surface area contributed by atoms with Gasteiger partial charge < -0.3 is 9.64 Å². The molecule has 0 radical (unpaired) electrons. The first-order valence-electron chi connectivity index (χ1n) is 6.84. The van der Waals surface area contributed by atoms with Crippen molar-refractivity contribution in [3.63, 3.8) is 0 Å². The predicted octanol–water partition coefficient (Wildman–Crippen LogP) is 1.39. The van der Waals surface area contributed by atoms with Crippen LogP contribution in [0.4, 0.5) is 0 Å². The van der Waals surface area contributed by atoms with Crippen molar-refractivity contribution in [2.75, 3.05) is 19.7 Å². The van der Waals surface area contributed by atoms with Gasteiger partial charge in [-0.25, -0.2) is 9.97 Å². The van der Waals surface area contributed by atoms with Gasteiger partial charge in [0.05, 0.1) is 24.4 Å². The van der Waals surface area contributed by atoms with Crippen molar-refractivity contribution in [1.82, 2.24) is 19.9 Å². The molecular weight excluding hydrogens is 268 g/mol. The molecule has 0 aliphatic carbocycles. The first-order valence-corrected chi connectivity index (χ1v) is 6.84. The number of amides is 1. The second-order valence-electron chi connectivity index (χ2n) is 4.88. The summed E-state index contributed by atoms with van der Waals surface area (Å²) in [6.45, 7) is 3.35. The topological polar surface area (TPSA) is 68.2 Å². The largest absolute Gasteiger partial charge is 0.368 e. The minimum Gasteiger partial charge on any atom is -0.368 e. The molecule has 6 heteroatoms. The number of aromatic nitrogens is 3. The Balaban J connectivity index is 1.74. The summed E-state index contributed by atoms with van der Waals surface area (Å²) in [6.07, 6.45) is 4.68. The number of pyridine rings is 1. The van der Waals surface area contributed by atoms with Crippen LogP contribution in [-0.4, -0.2) is 45.5 Å². The summed E-state index contributed by atoms with van der Waals surface area (Å²) in [7, 11) is 0. The van der Waals surface area contributed by atoms with Crippen LogP contribution >= 0.6 is 0 Å². The first-order chi connectivity index (χ1) is 10.2. The van der Waals surface area contributed by atoms with Gasteiger partial charge in [-0.2, -0.15) is 0 Å². The molecule has 0 saturated carbocycles. The molecule has 0 spiro atoms. The molecule has 1 amide bonds. The van der Waals surface area contributed by atoms with E-state index in [1.165, 1.54) is 0 Å². The van der Waals surface area contributed by atoms with Gasteiger partial charge in [0.2, 0.25) is 0 Å². The van der Waals surface area contributed by atoms with Crippen LogP contribution < -0.4 is 0 Å². The molecular formula is C15H16N4O2. The fraction of sp³-hybridized carbons (Fsp3) is 0.333. The molecule has 1 unspecified atom stereocenters. The fourth-order valence-corrected chi connectivity index (χ4v) is 2.26. The molecule has 2 aromatic heterocycles. The molecule has 3 heterocycles. The average Bonchev–Trinajstić information content (AvgIpc) is 2.56. The number of morpholine rings is 1. The first kappa shape index (κ1) is 13.6. The summed E-state index contributed by atoms with van der Waals surface area (Å²) < 4.78 is 5.71. The number of carbonyl (C=O) groups excluding carboxylic acids is 1. The molecule has 2 aromatic rings. The standard InChI is InChI=1S/C15H16N4O2/c1-11-17-8-12(9-18-11)15(20)19-6-7-21-14(10-19)13-4-2-3-5-16-13/h2-5,8-9,14H,6-7,10H2,1H3. The summed E-state index contributed by atoms with van der Waals surface area (Å²) in [4.78, 5) is 26.7. The Morgan fingerprint density at radius 2 is 2.10 bits per heavy atom. The molecule has 21 heavy (non-hydrogen) atoms. The van der Waals surface area contributed by atoms with E-state index in [1.807, 2.05) is 18.2 Å². The lowest BCUT2D eigenvalue weighted by Crippen LogP contribution is -2.42. The quantitative estimate of drug-likeness (QED) is 0.833. The third-order valence-corrected chi connectivity index (χ3v) is 3.40. The Bertz CT molecular complexity index is 615. The number of hydrogen-bond donors (Lipinski definition) is 0. The normalized spacial score (nSPS) is 18.5. The van der Waals surface area contributed by atoms with E-state index in [1.54, 1.807) is 30.4 Å². The molecule has 6 nitrogen and oxygen atoms in total. The molecule has 1 aliphatic rings. The van der Waals surface area contributed by atoms with E-state index in [2.05, 4.69) is 15.0 Å². The van der Waals surface area contributed by atoms with Crippen molar-refractivity contribution in [3.05, 3.63) is 53.9 Å². The van der Waals surface area contributed by atoms with Crippen LogP contribution in [0.15, 0.2) is 36.8 Å². The Labute approximate surface area is 122 Å². The van der Waals surface area contributed by atoms with Crippen LogP contribution in [-0.2, 0) is 4.74 Å². The highest BCUT2D eigenvalue weighted by Gasteiger charge is 2.27. The number of ether oxygens (including phenoxy) is 1. The SMILES string of the molecule is Cc1ncc(C(=O)N2CCOC(c3ccccn3)C2)cn1. The van der Waals surface area contributed by atoms with Gasteiger partial charge >= 0.3 is 0 Å². The minimum atomic E-state index is -0.185. The second kappa shape index (κ2) is 5.97. The van der Waals surface area contributed by atoms with Gasteiger partial charge in [0.1, 0.15) is 11.9 Å². The van der Waals surface area contributed by atoms with Crippen LogP contribution in [0.25, 0.3) is 0 Å². The van der Waals surface area contributed by atoms with Crippen LogP contribution in [0.2, 0.25) is 0 Å². The molecule has 1 fully saturated rings. The minimum absolute atomic E-state index is 0.0702. The highest BCUT2D eigenvalue weighted by Crippen LogP contribution is 2.21. The van der Waals surface area contributed by atoms with E-state index in [4.69, 9.17) is 4.74 Å². The number of nitrogens with zero attached hydrogens (tertiary/aromatic N) is 4. The molecule has 3 rings (SSSR count). The maximum Gasteiger partial charge on any atom is 0.257 e. The zero-order valence-electron chi connectivity index (χ0n) is 11.8. The molecule has 108 valence electrons. The van der Waals surface area contributed by atoms with Gasteiger partial charge in [0.15, 0.2) is 0 Å². The van der Waals surface area contributed by atoms with E-state index >= 15 is 0 Å². The van der Waals surface area contributed by atoms with Crippen molar-refractivity contribution in [1.29, 1.82) is 0 Å². The Hall–Kier alpha value is -2.34. The lowest BCUT2D eigenvalue weighted by atomic mass is 10.1. The number of carbonyl (C=O) groups is 1. The predicted molar refractivity (Wildman–Crippen MR) is 75.6 cm³/mol. The highest BCUT2D eigenvalue weighted by atomic mass is 16.5. The van der Waals surface area contributed by atoms with E-state index in [0.717, 1.165) is 5.69 Å². The molecule has 1 saturated heterocycles. The summed E-state index contributed by atoms with van der Waals surface area (Å²) >= 11 is 0. The van der Waals surface area contributed by atoms with Crippen molar-refractivity contribution in [3.8, 4) is 0 Å². The molecule has 1 aliphatic heterocycles. The van der Waals surface area contributed by atoms with Gasteiger partial charge in [0.25, 0.3) is 5.91 Å². The zero-order chi connectivity index (χ0) is 14.7. The molecule has 0 N–H and O–H groups in total. The van der Waals surface area contributed by atoms with E-state index in [-0.39, 0.29) is 12.0 Å². The number of hydrogen-bond acceptors (Lipinski definition) is 5. The van der Waals surface area contributed by atoms with E-state index < -0.39 is 0 Å². The Kier molecular flexibility index (Phi) is 3.87. The van der Waals surface area contributed by atoms with E-state index in [9.17, 15) is 4.79 Å². The highest BCUT2D eigenvalue weighted by molar-refractivity contribution is 5.93. The third-order valence-electron chi connectivity index (χ3n) is 3.40. The van der Waals surface area contributed by atoms with Gasteiger partial charge in [-0.1, -0.05) is 6.07 Å². The van der Waals surface area contributed by atoms with Crippen LogP contribution in [0.1, 0.15) is 28.0 Å². The summed E-state index contributed by atoms with van der Waals surface area (Å²) in [5, 5.41) is 0. The van der Waals surface area contributed by atoms with E-state index in [0.29, 0.717) is 31.1 Å². The molecule has 1 atom stereocenters. The van der Waals surface area contributed by atoms with Gasteiger partial charge in [0, 0.05) is 25.1 Å². The maximum absolute atomic E-state index is 12.5. The number of rotatable bonds is 2. The summed E-state index contributed by atoms with van der Waals surface area (Å²) in [6, 6.07) is 5.69. The molecule has 0 aromatic carbocycles. The Morgan fingerprint density at radius 1 is 1.29 bits per heavy atom. The van der Waals surface area contributed by atoms with Crippen molar-refractivity contribution < 1.29 is 9.53 Å². The van der Waals surface area contributed by atoms with Crippen molar-refractivity contribution in [2.45, 2.75) is 13.0 Å². The van der Waals surface area contributed by atoms with Crippen molar-refractivity contribution >= 4 is 5.91 Å². The van der Waals surface area contributed by atoms with Crippen LogP contribution in [0, 0.1) is 6.92 Å². The summed E-state index contributed by atoms with van der Waals surface area (Å²) in [5.41, 5.74) is 1.34. The second-order valence-corrected chi connectivity index (χ2v) is 4.88. The fourth-order valence-electron chi connectivity index (χ4n) is 2.26. The smallest absolute Gasteiger partial charge is 0.257 e. The van der Waals surface area contributed by atoms with Crippen molar-refractivity contribution in [2.24, 2.45) is 0 Å². The number of aryl methyl sites for hydroxylation is 1.